The molecule has 3 heteroatoms. The van der Waals surface area contributed by atoms with Crippen LogP contribution in [0.2, 0.25) is 0 Å². The number of cyclic esters (lactones) is 2. The zero-order valence-electron chi connectivity index (χ0n) is 10.3. The van der Waals surface area contributed by atoms with E-state index in [0.29, 0.717) is 11.8 Å². The first-order valence-electron chi connectivity index (χ1n) is 6.62. The summed E-state index contributed by atoms with van der Waals surface area (Å²) in [6.07, 6.45) is 6.47. The van der Waals surface area contributed by atoms with Crippen molar-refractivity contribution in [1.29, 1.82) is 0 Å². The van der Waals surface area contributed by atoms with Crippen molar-refractivity contribution in [2.45, 2.75) is 26.7 Å². The minimum Gasteiger partial charge on any atom is -0.393 e. The molecule has 0 amide bonds. The van der Waals surface area contributed by atoms with Crippen molar-refractivity contribution < 1.29 is 14.3 Å². The quantitative estimate of drug-likeness (QED) is 0.418. The number of rotatable bonds is 2. The summed E-state index contributed by atoms with van der Waals surface area (Å²) in [4.78, 5) is 23.6. The first-order chi connectivity index (χ1) is 8.19. The van der Waals surface area contributed by atoms with E-state index in [9.17, 15) is 9.59 Å². The van der Waals surface area contributed by atoms with Crippen LogP contribution in [0.1, 0.15) is 26.7 Å². The number of hydrogen-bond donors (Lipinski definition) is 0. The first-order valence-corrected chi connectivity index (χ1v) is 6.62. The number of carbonyl (C=O) groups is 2. The monoisotopic (exact) mass is 234 g/mol. The number of fused-ring (bicyclic) bond motifs is 1. The molecule has 2 bridgehead atoms. The van der Waals surface area contributed by atoms with Crippen LogP contribution in [-0.2, 0) is 14.3 Å². The van der Waals surface area contributed by atoms with E-state index >= 15 is 0 Å². The molecule has 1 heterocycles. The number of allylic oxidation sites excluding steroid dienone is 2. The maximum Gasteiger partial charge on any atom is 0.318 e. The molecule has 6 unspecified atom stereocenters. The number of carbonyl (C=O) groups excluding carboxylic acids is 2. The Morgan fingerprint density at radius 2 is 1.35 bits per heavy atom. The third-order valence-electron chi connectivity index (χ3n) is 5.00. The van der Waals surface area contributed by atoms with E-state index in [4.69, 9.17) is 4.74 Å². The second-order valence-electron chi connectivity index (χ2n) is 5.48. The second kappa shape index (κ2) is 3.69. The summed E-state index contributed by atoms with van der Waals surface area (Å²) in [6, 6.07) is 0. The fraction of sp³-hybridized carbons (Fsp3) is 0.714. The number of hydrogen-bond acceptors (Lipinski definition) is 3. The third kappa shape index (κ3) is 1.28. The van der Waals surface area contributed by atoms with Crippen LogP contribution in [-0.4, -0.2) is 11.9 Å². The van der Waals surface area contributed by atoms with Crippen LogP contribution < -0.4 is 0 Å². The molecule has 0 N–H and O–H groups in total. The molecule has 3 nitrogen and oxygen atoms in total. The van der Waals surface area contributed by atoms with E-state index < -0.39 is 0 Å². The third-order valence-corrected chi connectivity index (χ3v) is 5.00. The molecule has 0 aromatic carbocycles. The molecule has 92 valence electrons. The predicted octanol–water partition coefficient (Wildman–Crippen LogP) is 2.17. The average Bonchev–Trinajstić information content (AvgIpc) is 2.66. The molecular weight excluding hydrogens is 216 g/mol. The lowest BCUT2D eigenvalue weighted by atomic mass is 9.53. The molecule has 3 aliphatic carbocycles. The molecule has 0 aromatic heterocycles. The minimum absolute atomic E-state index is 0.190. The standard InChI is InChI=1S/C14H18O3/c1-3-7-8(4-2)10-6-5-9(7)11-12(10)14(16)17-13(11)15/h5-12H,3-4H2,1-2H3. The van der Waals surface area contributed by atoms with E-state index in [1.54, 1.807) is 0 Å². The van der Waals surface area contributed by atoms with Gasteiger partial charge in [0.05, 0.1) is 11.8 Å². The summed E-state index contributed by atoms with van der Waals surface area (Å²) in [5.74, 6) is 0.567. The van der Waals surface area contributed by atoms with Crippen LogP contribution in [0.5, 0.6) is 0 Å². The fourth-order valence-corrected chi connectivity index (χ4v) is 4.36. The van der Waals surface area contributed by atoms with Gasteiger partial charge in [-0.25, -0.2) is 0 Å². The highest BCUT2D eigenvalue weighted by Gasteiger charge is 2.60. The van der Waals surface area contributed by atoms with E-state index in [-0.39, 0.29) is 35.6 Å². The zero-order valence-corrected chi connectivity index (χ0v) is 10.3. The van der Waals surface area contributed by atoms with Crippen LogP contribution in [0.15, 0.2) is 12.2 Å². The van der Waals surface area contributed by atoms with E-state index in [1.807, 2.05) is 0 Å². The van der Waals surface area contributed by atoms with Crippen molar-refractivity contribution in [3.05, 3.63) is 12.2 Å². The normalized spacial score (nSPS) is 47.2. The lowest BCUT2D eigenvalue weighted by Crippen LogP contribution is -2.49. The molecule has 4 aliphatic rings. The highest BCUT2D eigenvalue weighted by molar-refractivity contribution is 5.97. The molecule has 0 spiro atoms. The van der Waals surface area contributed by atoms with Crippen molar-refractivity contribution in [1.82, 2.24) is 0 Å². The van der Waals surface area contributed by atoms with Gasteiger partial charge >= 0.3 is 11.9 Å². The summed E-state index contributed by atoms with van der Waals surface area (Å²) in [6.45, 7) is 4.36. The molecule has 2 fully saturated rings. The van der Waals surface area contributed by atoms with Gasteiger partial charge in [-0.1, -0.05) is 38.8 Å². The molecule has 1 aliphatic heterocycles. The van der Waals surface area contributed by atoms with Gasteiger partial charge in [-0.05, 0) is 23.7 Å². The van der Waals surface area contributed by atoms with E-state index in [2.05, 4.69) is 26.0 Å². The number of esters is 2. The molecular formula is C14H18O3. The van der Waals surface area contributed by atoms with Gasteiger partial charge in [0.15, 0.2) is 0 Å². The van der Waals surface area contributed by atoms with Gasteiger partial charge in [-0.15, -0.1) is 0 Å². The van der Waals surface area contributed by atoms with Gasteiger partial charge in [0.25, 0.3) is 0 Å². The molecule has 17 heavy (non-hydrogen) atoms. The molecule has 1 saturated heterocycles. The largest absolute Gasteiger partial charge is 0.393 e. The maximum absolute atomic E-state index is 11.8. The van der Waals surface area contributed by atoms with Gasteiger partial charge in [-0.2, -0.15) is 0 Å². The van der Waals surface area contributed by atoms with Crippen LogP contribution in [0.4, 0.5) is 0 Å². The van der Waals surface area contributed by atoms with Crippen LogP contribution in [0.25, 0.3) is 0 Å². The Morgan fingerprint density at radius 1 is 0.941 bits per heavy atom. The highest BCUT2D eigenvalue weighted by Crippen LogP contribution is 2.55. The van der Waals surface area contributed by atoms with Gasteiger partial charge < -0.3 is 4.74 Å². The Labute approximate surface area is 101 Å². The van der Waals surface area contributed by atoms with Crippen molar-refractivity contribution in [3.8, 4) is 0 Å². The van der Waals surface area contributed by atoms with Crippen LogP contribution >= 0.6 is 0 Å². The smallest absolute Gasteiger partial charge is 0.318 e. The van der Waals surface area contributed by atoms with Crippen molar-refractivity contribution in [2.24, 2.45) is 35.5 Å². The van der Waals surface area contributed by atoms with Gasteiger partial charge in [0.1, 0.15) is 0 Å². The van der Waals surface area contributed by atoms with Crippen molar-refractivity contribution in [3.63, 3.8) is 0 Å². The second-order valence-corrected chi connectivity index (χ2v) is 5.48. The Balaban J connectivity index is 2.03. The highest BCUT2D eigenvalue weighted by atomic mass is 16.6. The summed E-state index contributed by atoms with van der Waals surface area (Å²) >= 11 is 0. The minimum atomic E-state index is -0.285. The molecule has 0 radical (unpaired) electrons. The lowest BCUT2D eigenvalue weighted by Gasteiger charge is -2.49. The molecule has 6 atom stereocenters. The Hall–Kier alpha value is -1.12. The van der Waals surface area contributed by atoms with Gasteiger partial charge in [0.2, 0.25) is 0 Å². The van der Waals surface area contributed by atoms with Crippen molar-refractivity contribution >= 4 is 11.9 Å². The summed E-state index contributed by atoms with van der Waals surface area (Å²) in [5, 5.41) is 0. The Bertz CT molecular complexity index is 362. The zero-order chi connectivity index (χ0) is 12.2. The predicted molar refractivity (Wildman–Crippen MR) is 61.8 cm³/mol. The molecule has 1 saturated carbocycles. The van der Waals surface area contributed by atoms with E-state index in [1.165, 1.54) is 0 Å². The Kier molecular flexibility index (Phi) is 2.39. The number of ether oxygens (including phenoxy) is 1. The summed E-state index contributed by atoms with van der Waals surface area (Å²) < 4.78 is 4.86. The first kappa shape index (κ1) is 11.0. The van der Waals surface area contributed by atoms with Gasteiger partial charge in [0, 0.05) is 0 Å². The lowest BCUT2D eigenvalue weighted by molar-refractivity contribution is -0.154. The topological polar surface area (TPSA) is 43.4 Å². The molecule has 0 aromatic rings. The molecule has 4 rings (SSSR count). The average molecular weight is 234 g/mol. The van der Waals surface area contributed by atoms with E-state index in [0.717, 1.165) is 12.8 Å². The Morgan fingerprint density at radius 3 is 1.71 bits per heavy atom. The van der Waals surface area contributed by atoms with Crippen LogP contribution in [0.3, 0.4) is 0 Å². The van der Waals surface area contributed by atoms with Crippen LogP contribution in [0, 0.1) is 35.5 Å². The summed E-state index contributed by atoms with van der Waals surface area (Å²) in [5.41, 5.74) is 0. The SMILES string of the molecule is CCC1C2C=CC(C1CC)C1C(=O)OC(=O)C21. The van der Waals surface area contributed by atoms with Gasteiger partial charge in [-0.3, -0.25) is 9.59 Å². The fourth-order valence-electron chi connectivity index (χ4n) is 4.36. The summed E-state index contributed by atoms with van der Waals surface area (Å²) in [7, 11) is 0. The van der Waals surface area contributed by atoms with Crippen molar-refractivity contribution in [2.75, 3.05) is 0 Å². The maximum atomic E-state index is 11.8.